The van der Waals surface area contributed by atoms with Gasteiger partial charge in [0.25, 0.3) is 0 Å². The summed E-state index contributed by atoms with van der Waals surface area (Å²) in [6, 6.07) is 9.06. The lowest BCUT2D eigenvalue weighted by atomic mass is 9.99. The molecule has 112 valence electrons. The van der Waals surface area contributed by atoms with Crippen LogP contribution in [0.15, 0.2) is 41.0 Å². The molecule has 2 aromatic rings. The van der Waals surface area contributed by atoms with Crippen molar-refractivity contribution in [3.8, 4) is 0 Å². The van der Waals surface area contributed by atoms with Gasteiger partial charge in [-0.05, 0) is 61.7 Å². The van der Waals surface area contributed by atoms with Gasteiger partial charge in [-0.2, -0.15) is 0 Å². The van der Waals surface area contributed by atoms with Crippen molar-refractivity contribution in [2.75, 3.05) is 6.54 Å². The van der Waals surface area contributed by atoms with Crippen LogP contribution in [-0.4, -0.2) is 11.5 Å². The molecule has 2 nitrogen and oxygen atoms in total. The second kappa shape index (κ2) is 7.66. The van der Waals surface area contributed by atoms with Crippen LogP contribution in [0.4, 0.5) is 4.39 Å². The fourth-order valence-electron chi connectivity index (χ4n) is 2.37. The van der Waals surface area contributed by atoms with Gasteiger partial charge >= 0.3 is 0 Å². The molecule has 0 aliphatic heterocycles. The molecule has 0 saturated heterocycles. The van der Waals surface area contributed by atoms with E-state index < -0.39 is 0 Å². The van der Waals surface area contributed by atoms with Crippen molar-refractivity contribution < 1.29 is 4.39 Å². The van der Waals surface area contributed by atoms with Crippen LogP contribution in [0.5, 0.6) is 0 Å². The van der Waals surface area contributed by atoms with Crippen LogP contribution in [0, 0.1) is 12.7 Å². The summed E-state index contributed by atoms with van der Waals surface area (Å²) in [6.45, 7) is 5.05. The average molecular weight is 351 g/mol. The zero-order valence-corrected chi connectivity index (χ0v) is 14.0. The number of aryl methyl sites for hydroxylation is 1. The topological polar surface area (TPSA) is 24.9 Å². The van der Waals surface area contributed by atoms with Crippen LogP contribution in [0.25, 0.3) is 0 Å². The molecule has 2 rings (SSSR count). The maximum absolute atomic E-state index is 14.0. The average Bonchev–Trinajstić information content (AvgIpc) is 2.48. The number of nitrogens with zero attached hydrogens (tertiary/aromatic N) is 1. The highest BCUT2D eigenvalue weighted by atomic mass is 79.9. The predicted molar refractivity (Wildman–Crippen MR) is 87.8 cm³/mol. The number of halogens is 2. The van der Waals surface area contributed by atoms with E-state index in [9.17, 15) is 4.39 Å². The molecule has 1 atom stereocenters. The second-order valence-corrected chi connectivity index (χ2v) is 6.07. The summed E-state index contributed by atoms with van der Waals surface area (Å²) in [5.41, 5.74) is 2.81. The second-order valence-electron chi connectivity index (χ2n) is 5.15. The molecular formula is C17H20BrFN2. The van der Waals surface area contributed by atoms with Gasteiger partial charge in [0, 0.05) is 10.7 Å². The van der Waals surface area contributed by atoms with Crippen molar-refractivity contribution in [3.63, 3.8) is 0 Å². The molecule has 1 aromatic heterocycles. The fraction of sp³-hybridized carbons (Fsp3) is 0.353. The Labute approximate surface area is 133 Å². The van der Waals surface area contributed by atoms with E-state index >= 15 is 0 Å². The molecule has 0 aliphatic rings. The molecule has 1 heterocycles. The summed E-state index contributed by atoms with van der Waals surface area (Å²) in [5, 5.41) is 3.48. The Bertz CT molecular complexity index is 601. The summed E-state index contributed by atoms with van der Waals surface area (Å²) >= 11 is 3.41. The van der Waals surface area contributed by atoms with Gasteiger partial charge in [-0.15, -0.1) is 0 Å². The van der Waals surface area contributed by atoms with Gasteiger partial charge in [0.15, 0.2) is 0 Å². The zero-order valence-electron chi connectivity index (χ0n) is 12.4. The third-order valence-electron chi connectivity index (χ3n) is 3.45. The Kier molecular flexibility index (Phi) is 5.88. The summed E-state index contributed by atoms with van der Waals surface area (Å²) in [4.78, 5) is 4.48. The minimum Gasteiger partial charge on any atom is -0.308 e. The van der Waals surface area contributed by atoms with E-state index in [0.29, 0.717) is 12.0 Å². The highest BCUT2D eigenvalue weighted by Gasteiger charge is 2.17. The van der Waals surface area contributed by atoms with E-state index in [1.54, 1.807) is 12.3 Å². The fourth-order valence-corrected chi connectivity index (χ4v) is 2.77. The number of aromatic nitrogens is 1. The van der Waals surface area contributed by atoms with Gasteiger partial charge < -0.3 is 5.32 Å². The van der Waals surface area contributed by atoms with Crippen molar-refractivity contribution in [2.45, 2.75) is 32.7 Å². The third kappa shape index (κ3) is 4.35. The van der Waals surface area contributed by atoms with Crippen LogP contribution in [0.3, 0.4) is 0 Å². The van der Waals surface area contributed by atoms with E-state index in [4.69, 9.17) is 0 Å². The molecule has 0 bridgehead atoms. The van der Waals surface area contributed by atoms with Crippen molar-refractivity contribution in [2.24, 2.45) is 0 Å². The number of benzene rings is 1. The molecule has 1 N–H and O–H groups in total. The molecule has 21 heavy (non-hydrogen) atoms. The highest BCUT2D eigenvalue weighted by Crippen LogP contribution is 2.23. The smallest absolute Gasteiger partial charge is 0.126 e. The third-order valence-corrected chi connectivity index (χ3v) is 3.95. The molecule has 0 radical (unpaired) electrons. The minimum absolute atomic E-state index is 0.0231. The monoisotopic (exact) mass is 350 g/mol. The SMILES string of the molecule is CCCNC(Cc1cc(Br)ccc1F)c1ncccc1C. The normalized spacial score (nSPS) is 12.4. The van der Waals surface area contributed by atoms with Gasteiger partial charge in [0.2, 0.25) is 0 Å². The number of hydrogen-bond donors (Lipinski definition) is 1. The Balaban J connectivity index is 2.28. The van der Waals surface area contributed by atoms with E-state index in [0.717, 1.165) is 28.7 Å². The summed E-state index contributed by atoms with van der Waals surface area (Å²) < 4.78 is 14.9. The highest BCUT2D eigenvalue weighted by molar-refractivity contribution is 9.10. The van der Waals surface area contributed by atoms with Crippen LogP contribution < -0.4 is 5.32 Å². The van der Waals surface area contributed by atoms with E-state index in [1.807, 2.05) is 25.1 Å². The number of rotatable bonds is 6. The Morgan fingerprint density at radius 3 is 2.86 bits per heavy atom. The first-order valence-corrected chi connectivity index (χ1v) is 8.00. The summed E-state index contributed by atoms with van der Waals surface area (Å²) in [7, 11) is 0. The van der Waals surface area contributed by atoms with Gasteiger partial charge in [-0.25, -0.2) is 4.39 Å². The maximum atomic E-state index is 14.0. The van der Waals surface area contributed by atoms with Crippen molar-refractivity contribution in [3.05, 3.63) is 63.6 Å². The Morgan fingerprint density at radius 1 is 1.33 bits per heavy atom. The number of pyridine rings is 1. The Hall–Kier alpha value is -1.26. The lowest BCUT2D eigenvalue weighted by molar-refractivity contribution is 0.501. The van der Waals surface area contributed by atoms with Crippen LogP contribution in [0.1, 0.15) is 36.2 Å². The lowest BCUT2D eigenvalue weighted by Gasteiger charge is -2.20. The molecule has 0 aliphatic carbocycles. The lowest BCUT2D eigenvalue weighted by Crippen LogP contribution is -2.26. The largest absolute Gasteiger partial charge is 0.308 e. The van der Waals surface area contributed by atoms with Crippen molar-refractivity contribution in [1.82, 2.24) is 10.3 Å². The van der Waals surface area contributed by atoms with E-state index in [1.165, 1.54) is 6.07 Å². The molecule has 0 fully saturated rings. The molecule has 1 unspecified atom stereocenters. The maximum Gasteiger partial charge on any atom is 0.126 e. The van der Waals surface area contributed by atoms with Gasteiger partial charge in [0.05, 0.1) is 11.7 Å². The predicted octanol–water partition coefficient (Wildman–Crippen LogP) is 4.58. The zero-order chi connectivity index (χ0) is 15.2. The van der Waals surface area contributed by atoms with Crippen molar-refractivity contribution >= 4 is 15.9 Å². The summed E-state index contributed by atoms with van der Waals surface area (Å²) in [6.07, 6.45) is 3.41. The van der Waals surface area contributed by atoms with Gasteiger partial charge in [0.1, 0.15) is 5.82 Å². The quantitative estimate of drug-likeness (QED) is 0.824. The molecule has 1 aromatic carbocycles. The van der Waals surface area contributed by atoms with Gasteiger partial charge in [-0.3, -0.25) is 4.98 Å². The summed E-state index contributed by atoms with van der Waals surface area (Å²) in [5.74, 6) is -0.171. The Morgan fingerprint density at radius 2 is 2.14 bits per heavy atom. The van der Waals surface area contributed by atoms with Crippen LogP contribution >= 0.6 is 15.9 Å². The molecule has 4 heteroatoms. The minimum atomic E-state index is -0.171. The molecule has 0 spiro atoms. The standard InChI is InChI=1S/C17H20BrFN2/c1-3-8-20-16(17-12(2)5-4-9-21-17)11-13-10-14(18)6-7-15(13)19/h4-7,9-10,16,20H,3,8,11H2,1-2H3. The van der Waals surface area contributed by atoms with Crippen LogP contribution in [-0.2, 0) is 6.42 Å². The number of nitrogens with one attached hydrogen (secondary N) is 1. The molecular weight excluding hydrogens is 331 g/mol. The number of hydrogen-bond acceptors (Lipinski definition) is 2. The van der Waals surface area contributed by atoms with Gasteiger partial charge in [-0.1, -0.05) is 28.9 Å². The first-order valence-electron chi connectivity index (χ1n) is 7.20. The van der Waals surface area contributed by atoms with Crippen LogP contribution in [0.2, 0.25) is 0 Å². The molecule has 0 amide bonds. The first kappa shape index (κ1) is 16.1. The molecule has 0 saturated carbocycles. The van der Waals surface area contributed by atoms with E-state index in [-0.39, 0.29) is 11.9 Å². The first-order chi connectivity index (χ1) is 10.1. The van der Waals surface area contributed by atoms with E-state index in [2.05, 4.69) is 33.2 Å². The van der Waals surface area contributed by atoms with Crippen molar-refractivity contribution in [1.29, 1.82) is 0 Å².